The molecule has 0 atom stereocenters. The highest BCUT2D eigenvalue weighted by Crippen LogP contribution is 2.31. The van der Waals surface area contributed by atoms with E-state index in [2.05, 4.69) is 22.0 Å². The highest BCUT2D eigenvalue weighted by atomic mass is 79.9. The van der Waals surface area contributed by atoms with Gasteiger partial charge >= 0.3 is 0 Å². The molecule has 102 valence electrons. The molecule has 3 nitrogen and oxygen atoms in total. The van der Waals surface area contributed by atoms with Crippen LogP contribution in [-0.2, 0) is 0 Å². The number of nitriles is 1. The van der Waals surface area contributed by atoms with Crippen molar-refractivity contribution in [2.45, 2.75) is 0 Å². The van der Waals surface area contributed by atoms with Crippen LogP contribution in [0.4, 0.5) is 5.69 Å². The van der Waals surface area contributed by atoms with Crippen LogP contribution in [0.25, 0.3) is 10.8 Å². The molecule has 4 heteroatoms. The number of halogens is 1. The molecule has 0 saturated heterocycles. The lowest BCUT2D eigenvalue weighted by Crippen LogP contribution is -1.93. The number of anilines is 1. The summed E-state index contributed by atoms with van der Waals surface area (Å²) in [6.07, 6.45) is 0. The van der Waals surface area contributed by atoms with Crippen LogP contribution >= 0.6 is 15.9 Å². The molecule has 3 aromatic rings. The van der Waals surface area contributed by atoms with E-state index in [0.717, 1.165) is 15.2 Å². The van der Waals surface area contributed by atoms with Gasteiger partial charge in [0.25, 0.3) is 0 Å². The van der Waals surface area contributed by atoms with Crippen LogP contribution in [0.15, 0.2) is 59.1 Å². The Hall–Kier alpha value is -2.51. The molecular weight excluding hydrogens is 328 g/mol. The van der Waals surface area contributed by atoms with E-state index in [0.29, 0.717) is 22.7 Å². The van der Waals surface area contributed by atoms with Crippen LogP contribution < -0.4 is 10.5 Å². The Bertz CT molecular complexity index is 868. The third kappa shape index (κ3) is 2.83. The number of nitrogens with zero attached hydrogens (tertiary/aromatic N) is 1. The Morgan fingerprint density at radius 3 is 2.52 bits per heavy atom. The summed E-state index contributed by atoms with van der Waals surface area (Å²) in [4.78, 5) is 0. The molecular formula is C17H11BrN2O. The van der Waals surface area contributed by atoms with Gasteiger partial charge in [0, 0.05) is 10.5 Å². The predicted octanol–water partition coefficient (Wildman–Crippen LogP) is 4.85. The van der Waals surface area contributed by atoms with Crippen molar-refractivity contribution in [3.05, 3.63) is 64.6 Å². The first kappa shape index (κ1) is 13.5. The number of hydrogen-bond donors (Lipinski definition) is 1. The fourth-order valence-corrected chi connectivity index (χ4v) is 2.46. The minimum absolute atomic E-state index is 0.491. The van der Waals surface area contributed by atoms with Gasteiger partial charge in [-0.15, -0.1) is 0 Å². The quantitative estimate of drug-likeness (QED) is 0.679. The molecule has 0 aliphatic carbocycles. The lowest BCUT2D eigenvalue weighted by Gasteiger charge is -2.09. The van der Waals surface area contributed by atoms with Crippen LogP contribution in [0, 0.1) is 11.3 Å². The molecule has 0 heterocycles. The number of rotatable bonds is 2. The van der Waals surface area contributed by atoms with Crippen LogP contribution in [0.5, 0.6) is 11.5 Å². The standard InChI is InChI=1S/C17H11BrN2O/c18-14-4-2-13-9-15(5-3-12(13)8-14)21-17-7-11(10-19)1-6-16(17)20/h1-9H,20H2. The zero-order valence-electron chi connectivity index (χ0n) is 11.0. The van der Waals surface area contributed by atoms with E-state index in [-0.39, 0.29) is 0 Å². The van der Waals surface area contributed by atoms with Crippen LogP contribution in [-0.4, -0.2) is 0 Å². The van der Waals surface area contributed by atoms with E-state index in [9.17, 15) is 0 Å². The molecule has 3 aromatic carbocycles. The van der Waals surface area contributed by atoms with Crippen molar-refractivity contribution in [3.63, 3.8) is 0 Å². The van der Waals surface area contributed by atoms with Gasteiger partial charge in [-0.3, -0.25) is 0 Å². The predicted molar refractivity (Wildman–Crippen MR) is 87.3 cm³/mol. The summed E-state index contributed by atoms with van der Waals surface area (Å²) in [5, 5.41) is 11.1. The molecule has 0 aliphatic rings. The first-order chi connectivity index (χ1) is 10.2. The van der Waals surface area contributed by atoms with Crippen molar-refractivity contribution in [1.29, 1.82) is 5.26 Å². The Morgan fingerprint density at radius 1 is 0.952 bits per heavy atom. The number of fused-ring (bicyclic) bond motifs is 1. The minimum atomic E-state index is 0.491. The fraction of sp³-hybridized carbons (Fsp3) is 0. The van der Waals surface area contributed by atoms with Crippen LogP contribution in [0.3, 0.4) is 0 Å². The van der Waals surface area contributed by atoms with Gasteiger partial charge in [-0.25, -0.2) is 0 Å². The van der Waals surface area contributed by atoms with E-state index < -0.39 is 0 Å². The van der Waals surface area contributed by atoms with Gasteiger partial charge < -0.3 is 10.5 Å². The van der Waals surface area contributed by atoms with E-state index in [4.69, 9.17) is 15.7 Å². The molecule has 21 heavy (non-hydrogen) atoms. The smallest absolute Gasteiger partial charge is 0.151 e. The molecule has 0 aliphatic heterocycles. The van der Waals surface area contributed by atoms with Gasteiger partial charge in [0.15, 0.2) is 5.75 Å². The van der Waals surface area contributed by atoms with Crippen molar-refractivity contribution < 1.29 is 4.74 Å². The first-order valence-electron chi connectivity index (χ1n) is 6.32. The van der Waals surface area contributed by atoms with E-state index in [1.165, 1.54) is 0 Å². The first-order valence-corrected chi connectivity index (χ1v) is 7.12. The van der Waals surface area contributed by atoms with Crippen molar-refractivity contribution in [1.82, 2.24) is 0 Å². The lowest BCUT2D eigenvalue weighted by atomic mass is 10.1. The number of ether oxygens (including phenoxy) is 1. The SMILES string of the molecule is N#Cc1ccc(N)c(Oc2ccc3cc(Br)ccc3c2)c1. The van der Waals surface area contributed by atoms with Gasteiger partial charge in [0.05, 0.1) is 17.3 Å². The summed E-state index contributed by atoms with van der Waals surface area (Å²) in [7, 11) is 0. The Balaban J connectivity index is 1.98. The summed E-state index contributed by atoms with van der Waals surface area (Å²) in [6.45, 7) is 0. The third-order valence-electron chi connectivity index (χ3n) is 3.14. The second-order valence-electron chi connectivity index (χ2n) is 4.62. The molecule has 0 bridgehead atoms. The molecule has 0 unspecified atom stereocenters. The van der Waals surface area contributed by atoms with Gasteiger partial charge in [-0.05, 0) is 47.2 Å². The second-order valence-corrected chi connectivity index (χ2v) is 5.54. The largest absolute Gasteiger partial charge is 0.455 e. The normalized spacial score (nSPS) is 10.3. The molecule has 0 amide bonds. The topological polar surface area (TPSA) is 59.0 Å². The van der Waals surface area contributed by atoms with Crippen LogP contribution in [0.1, 0.15) is 5.56 Å². The van der Waals surface area contributed by atoms with Gasteiger partial charge in [0.1, 0.15) is 5.75 Å². The lowest BCUT2D eigenvalue weighted by molar-refractivity contribution is 0.485. The van der Waals surface area contributed by atoms with Crippen molar-refractivity contribution in [2.75, 3.05) is 5.73 Å². The maximum Gasteiger partial charge on any atom is 0.151 e. The molecule has 3 rings (SSSR count). The number of nitrogens with two attached hydrogens (primary N) is 1. The Labute approximate surface area is 130 Å². The fourth-order valence-electron chi connectivity index (χ4n) is 2.08. The number of hydrogen-bond acceptors (Lipinski definition) is 3. The summed E-state index contributed by atoms with van der Waals surface area (Å²) in [5.74, 6) is 1.18. The monoisotopic (exact) mass is 338 g/mol. The minimum Gasteiger partial charge on any atom is -0.455 e. The highest BCUT2D eigenvalue weighted by Gasteiger charge is 2.05. The molecule has 0 radical (unpaired) electrons. The average molecular weight is 339 g/mol. The zero-order valence-corrected chi connectivity index (χ0v) is 12.6. The maximum atomic E-state index is 8.94. The molecule has 0 fully saturated rings. The van der Waals surface area contributed by atoms with E-state index in [1.807, 2.05) is 36.4 Å². The molecule has 2 N–H and O–H groups in total. The van der Waals surface area contributed by atoms with Gasteiger partial charge in [-0.2, -0.15) is 5.26 Å². The number of nitrogen functional groups attached to an aromatic ring is 1. The highest BCUT2D eigenvalue weighted by molar-refractivity contribution is 9.10. The van der Waals surface area contributed by atoms with Crippen molar-refractivity contribution in [2.24, 2.45) is 0 Å². The van der Waals surface area contributed by atoms with Crippen LogP contribution in [0.2, 0.25) is 0 Å². The molecule has 0 spiro atoms. The number of benzene rings is 3. The average Bonchev–Trinajstić information content (AvgIpc) is 2.49. The zero-order chi connectivity index (χ0) is 14.8. The maximum absolute atomic E-state index is 8.94. The second kappa shape index (κ2) is 5.47. The Morgan fingerprint density at radius 2 is 1.71 bits per heavy atom. The third-order valence-corrected chi connectivity index (χ3v) is 3.64. The van der Waals surface area contributed by atoms with Crippen molar-refractivity contribution in [3.8, 4) is 17.6 Å². The summed E-state index contributed by atoms with van der Waals surface area (Å²) < 4.78 is 6.84. The molecule has 0 aromatic heterocycles. The van der Waals surface area contributed by atoms with Crippen molar-refractivity contribution >= 4 is 32.4 Å². The summed E-state index contributed by atoms with van der Waals surface area (Å²) in [5.41, 5.74) is 6.91. The summed E-state index contributed by atoms with van der Waals surface area (Å²) in [6, 6.07) is 18.9. The Kier molecular flexibility index (Phi) is 3.51. The van der Waals surface area contributed by atoms with E-state index >= 15 is 0 Å². The van der Waals surface area contributed by atoms with E-state index in [1.54, 1.807) is 18.2 Å². The van der Waals surface area contributed by atoms with Gasteiger partial charge in [0.2, 0.25) is 0 Å². The molecule has 0 saturated carbocycles. The summed E-state index contributed by atoms with van der Waals surface area (Å²) >= 11 is 3.45. The van der Waals surface area contributed by atoms with Gasteiger partial charge in [-0.1, -0.05) is 28.1 Å².